The van der Waals surface area contributed by atoms with Crippen molar-refractivity contribution in [3.63, 3.8) is 0 Å². The van der Waals surface area contributed by atoms with Crippen LogP contribution in [0.2, 0.25) is 5.15 Å². The molecule has 0 bridgehead atoms. The molecule has 13 heteroatoms. The van der Waals surface area contributed by atoms with Gasteiger partial charge in [-0.2, -0.15) is 4.31 Å². The zero-order valence-electron chi connectivity index (χ0n) is 20.3. The Balaban J connectivity index is 1.37. The number of hydrogen-bond donors (Lipinski definition) is 0. The monoisotopic (exact) mass is 561 g/mol. The van der Waals surface area contributed by atoms with Crippen LogP contribution in [0.4, 0.5) is 4.79 Å². The van der Waals surface area contributed by atoms with Crippen LogP contribution in [0.15, 0.2) is 46.9 Å². The van der Waals surface area contributed by atoms with E-state index in [2.05, 4.69) is 9.97 Å². The minimum Gasteiger partial charge on any atom is -0.443 e. The topological polar surface area (TPSA) is 115 Å². The Labute approximate surface area is 222 Å². The van der Waals surface area contributed by atoms with Crippen molar-refractivity contribution >= 4 is 66.1 Å². The first-order valence-electron chi connectivity index (χ1n) is 11.4. The summed E-state index contributed by atoms with van der Waals surface area (Å²) in [4.78, 5) is 36.5. The van der Waals surface area contributed by atoms with Crippen LogP contribution in [0.3, 0.4) is 0 Å². The number of amides is 1. The molecule has 0 saturated carbocycles. The lowest BCUT2D eigenvalue weighted by molar-refractivity contribution is -0.134. The molecule has 4 aromatic heterocycles. The molecule has 0 aliphatic carbocycles. The molecule has 0 N–H and O–H groups in total. The lowest BCUT2D eigenvalue weighted by Crippen LogP contribution is -2.51. The maximum absolute atomic E-state index is 13.3. The van der Waals surface area contributed by atoms with Gasteiger partial charge in [0.05, 0.1) is 18.6 Å². The first kappa shape index (κ1) is 25.6. The van der Waals surface area contributed by atoms with Crippen LogP contribution >= 0.6 is 22.9 Å². The third-order valence-electron chi connectivity index (χ3n) is 5.81. The SMILES string of the molecule is CC(C)(C)OC(=O)n1c(CN2CCN(S(=O)(=O)c3cc4ccc(Cl)nc4s3)CC2=O)cc2cnccc21. The van der Waals surface area contributed by atoms with E-state index in [4.69, 9.17) is 16.3 Å². The summed E-state index contributed by atoms with van der Waals surface area (Å²) in [5.41, 5.74) is 0.460. The smallest absolute Gasteiger partial charge is 0.419 e. The number of ether oxygens (including phenoxy) is 1. The fourth-order valence-corrected chi connectivity index (χ4v) is 7.20. The highest BCUT2D eigenvalue weighted by Gasteiger charge is 2.35. The van der Waals surface area contributed by atoms with Crippen LogP contribution in [-0.2, 0) is 26.1 Å². The standard InChI is InChI=1S/C24H24ClN5O5S2/c1-24(2,3)35-23(32)30-17(10-16-12-26-7-6-18(16)30)13-28-8-9-29(14-20(28)31)37(33,34)21-11-15-4-5-19(25)27-22(15)36-21/h4-7,10-12H,8-9,13-14H2,1-3H3. The second kappa shape index (κ2) is 9.35. The van der Waals surface area contributed by atoms with Gasteiger partial charge < -0.3 is 9.64 Å². The molecule has 1 amide bonds. The van der Waals surface area contributed by atoms with Gasteiger partial charge in [0.15, 0.2) is 0 Å². The van der Waals surface area contributed by atoms with E-state index in [1.807, 2.05) is 0 Å². The highest BCUT2D eigenvalue weighted by molar-refractivity contribution is 7.91. The lowest BCUT2D eigenvalue weighted by Gasteiger charge is -2.33. The fourth-order valence-electron chi connectivity index (χ4n) is 4.13. The summed E-state index contributed by atoms with van der Waals surface area (Å²) in [6.45, 7) is 5.43. The van der Waals surface area contributed by atoms with Crippen molar-refractivity contribution in [3.8, 4) is 0 Å². The molecule has 5 heterocycles. The van der Waals surface area contributed by atoms with Crippen molar-refractivity contribution in [2.24, 2.45) is 0 Å². The molecule has 1 aliphatic heterocycles. The number of thiophene rings is 1. The Morgan fingerprint density at radius 1 is 1.16 bits per heavy atom. The van der Waals surface area contributed by atoms with Crippen LogP contribution in [0, 0.1) is 0 Å². The number of hydrogen-bond acceptors (Lipinski definition) is 8. The average molecular weight is 562 g/mol. The number of halogens is 1. The van der Waals surface area contributed by atoms with E-state index in [1.165, 1.54) is 8.87 Å². The Morgan fingerprint density at radius 2 is 1.95 bits per heavy atom. The Bertz CT molecular complexity index is 1640. The summed E-state index contributed by atoms with van der Waals surface area (Å²) in [7, 11) is -3.89. The molecule has 1 fully saturated rings. The zero-order chi connectivity index (χ0) is 26.5. The van der Waals surface area contributed by atoms with Gasteiger partial charge in [-0.1, -0.05) is 11.6 Å². The Morgan fingerprint density at radius 3 is 2.68 bits per heavy atom. The zero-order valence-corrected chi connectivity index (χ0v) is 22.7. The minimum absolute atomic E-state index is 0.107. The molecular weight excluding hydrogens is 538 g/mol. The predicted molar refractivity (Wildman–Crippen MR) is 140 cm³/mol. The Kier molecular flexibility index (Phi) is 6.47. The van der Waals surface area contributed by atoms with Gasteiger partial charge in [-0.05, 0) is 51.1 Å². The molecule has 0 aromatic carbocycles. The molecule has 1 aliphatic rings. The summed E-state index contributed by atoms with van der Waals surface area (Å²) in [6, 6.07) is 8.35. The van der Waals surface area contributed by atoms with Gasteiger partial charge in [-0.15, -0.1) is 11.3 Å². The van der Waals surface area contributed by atoms with Crippen LogP contribution in [-0.4, -0.2) is 69.4 Å². The van der Waals surface area contributed by atoms with Crippen molar-refractivity contribution in [1.29, 1.82) is 0 Å². The highest BCUT2D eigenvalue weighted by Crippen LogP contribution is 2.31. The minimum atomic E-state index is -3.89. The Hall–Kier alpha value is -3.06. The number of rotatable bonds is 4. The van der Waals surface area contributed by atoms with Gasteiger partial charge in [-0.25, -0.2) is 22.8 Å². The van der Waals surface area contributed by atoms with E-state index in [1.54, 1.807) is 68.4 Å². The van der Waals surface area contributed by atoms with E-state index in [9.17, 15) is 18.0 Å². The molecule has 10 nitrogen and oxygen atoms in total. The van der Waals surface area contributed by atoms with Crippen molar-refractivity contribution in [3.05, 3.63) is 53.6 Å². The van der Waals surface area contributed by atoms with Crippen molar-refractivity contribution in [2.45, 2.75) is 37.1 Å². The summed E-state index contributed by atoms with van der Waals surface area (Å²) >= 11 is 6.95. The number of piperazine rings is 1. The van der Waals surface area contributed by atoms with Gasteiger partial charge in [0.1, 0.15) is 19.8 Å². The van der Waals surface area contributed by atoms with E-state index in [-0.39, 0.29) is 41.4 Å². The third-order valence-corrected chi connectivity index (χ3v) is 9.36. The van der Waals surface area contributed by atoms with Crippen LogP contribution in [0.1, 0.15) is 26.5 Å². The van der Waals surface area contributed by atoms with Crippen LogP contribution in [0.25, 0.3) is 21.1 Å². The number of pyridine rings is 2. The first-order chi connectivity index (χ1) is 17.4. The lowest BCUT2D eigenvalue weighted by atomic mass is 10.2. The van der Waals surface area contributed by atoms with Crippen molar-refractivity contribution in [1.82, 2.24) is 23.7 Å². The normalized spacial score (nSPS) is 15.6. The first-order valence-corrected chi connectivity index (χ1v) is 14.1. The number of aromatic nitrogens is 3. The quantitative estimate of drug-likeness (QED) is 0.344. The largest absolute Gasteiger partial charge is 0.443 e. The van der Waals surface area contributed by atoms with Gasteiger partial charge >= 0.3 is 6.09 Å². The highest BCUT2D eigenvalue weighted by atomic mass is 35.5. The number of fused-ring (bicyclic) bond motifs is 2. The molecule has 0 spiro atoms. The molecule has 0 unspecified atom stereocenters. The molecule has 0 atom stereocenters. The number of nitrogens with zero attached hydrogens (tertiary/aromatic N) is 5. The summed E-state index contributed by atoms with van der Waals surface area (Å²) in [5.74, 6) is -0.365. The van der Waals surface area contributed by atoms with E-state index < -0.39 is 21.7 Å². The molecule has 4 aromatic rings. The van der Waals surface area contributed by atoms with Crippen LogP contribution in [0.5, 0.6) is 0 Å². The third kappa shape index (κ3) is 5.06. The number of sulfonamides is 1. The maximum Gasteiger partial charge on any atom is 0.419 e. The molecule has 0 radical (unpaired) electrons. The molecule has 5 rings (SSSR count). The van der Waals surface area contributed by atoms with Gasteiger partial charge in [-0.3, -0.25) is 9.78 Å². The second-order valence-corrected chi connectivity index (χ2v) is 13.2. The van der Waals surface area contributed by atoms with Gasteiger partial charge in [0.2, 0.25) is 5.91 Å². The van der Waals surface area contributed by atoms with E-state index in [0.717, 1.165) is 16.7 Å². The summed E-state index contributed by atoms with van der Waals surface area (Å²) in [5, 5.41) is 1.68. The number of carbonyl (C=O) groups excluding carboxylic acids is 2. The number of carbonyl (C=O) groups is 2. The molecule has 194 valence electrons. The summed E-state index contributed by atoms with van der Waals surface area (Å²) in [6.07, 6.45) is 2.66. The van der Waals surface area contributed by atoms with Crippen molar-refractivity contribution in [2.75, 3.05) is 19.6 Å². The predicted octanol–water partition coefficient (Wildman–Crippen LogP) is 4.12. The van der Waals surface area contributed by atoms with E-state index in [0.29, 0.717) is 21.4 Å². The van der Waals surface area contributed by atoms with Crippen molar-refractivity contribution < 1.29 is 22.7 Å². The maximum atomic E-state index is 13.3. The average Bonchev–Trinajstić information content (AvgIpc) is 3.40. The van der Waals surface area contributed by atoms with Gasteiger partial charge in [0.25, 0.3) is 10.0 Å². The summed E-state index contributed by atoms with van der Waals surface area (Å²) < 4.78 is 34.9. The molecule has 37 heavy (non-hydrogen) atoms. The second-order valence-electron chi connectivity index (χ2n) is 9.63. The fraction of sp³-hybridized carbons (Fsp3) is 0.333. The molecular formula is C24H24ClN5O5S2. The van der Waals surface area contributed by atoms with Gasteiger partial charge in [0, 0.05) is 41.9 Å². The van der Waals surface area contributed by atoms with E-state index >= 15 is 0 Å². The molecule has 1 saturated heterocycles. The van der Waals surface area contributed by atoms with Crippen LogP contribution < -0.4 is 0 Å².